The van der Waals surface area contributed by atoms with Gasteiger partial charge in [-0.3, -0.25) is 14.9 Å². The number of carbonyl (C=O) groups excluding carboxylic acids is 3. The highest BCUT2D eigenvalue weighted by Gasteiger charge is 2.36. The minimum Gasteiger partial charge on any atom is -0.506 e. The molecule has 1 heterocycles. The van der Waals surface area contributed by atoms with Crippen molar-refractivity contribution >= 4 is 41.2 Å². The summed E-state index contributed by atoms with van der Waals surface area (Å²) in [6.07, 6.45) is 1.32. The number of amides is 4. The number of anilines is 1. The van der Waals surface area contributed by atoms with Crippen molar-refractivity contribution in [3.05, 3.63) is 64.2 Å². The lowest BCUT2D eigenvalue weighted by Crippen LogP contribution is -2.54. The van der Waals surface area contributed by atoms with Crippen LogP contribution in [0.2, 0.25) is 5.02 Å². The van der Waals surface area contributed by atoms with E-state index in [0.29, 0.717) is 11.3 Å². The molecule has 0 aliphatic carbocycles. The molecule has 1 saturated heterocycles. The zero-order valence-electron chi connectivity index (χ0n) is 13.1. The second-order valence-corrected chi connectivity index (χ2v) is 5.91. The van der Waals surface area contributed by atoms with Gasteiger partial charge in [0.25, 0.3) is 11.8 Å². The van der Waals surface area contributed by atoms with Gasteiger partial charge < -0.3 is 5.11 Å². The van der Waals surface area contributed by atoms with Crippen molar-refractivity contribution in [2.24, 2.45) is 0 Å². The van der Waals surface area contributed by atoms with Gasteiger partial charge in [0.2, 0.25) is 0 Å². The zero-order valence-corrected chi connectivity index (χ0v) is 13.9. The molecule has 7 heteroatoms. The van der Waals surface area contributed by atoms with Crippen molar-refractivity contribution in [3.63, 3.8) is 0 Å². The molecule has 2 aromatic carbocycles. The Morgan fingerprint density at radius 2 is 1.76 bits per heavy atom. The van der Waals surface area contributed by atoms with E-state index in [1.165, 1.54) is 24.3 Å². The van der Waals surface area contributed by atoms with Crippen LogP contribution in [0.25, 0.3) is 6.08 Å². The number of carbonyl (C=O) groups is 3. The summed E-state index contributed by atoms with van der Waals surface area (Å²) in [4.78, 5) is 37.7. The van der Waals surface area contributed by atoms with Crippen LogP contribution in [0.15, 0.2) is 48.0 Å². The lowest BCUT2D eigenvalue weighted by Gasteiger charge is -2.26. The number of aryl methyl sites for hydroxylation is 1. The number of nitrogens with zero attached hydrogens (tertiary/aromatic N) is 1. The first kappa shape index (κ1) is 16.7. The number of rotatable bonds is 2. The van der Waals surface area contributed by atoms with Gasteiger partial charge in [-0.05, 0) is 42.8 Å². The van der Waals surface area contributed by atoms with E-state index >= 15 is 0 Å². The van der Waals surface area contributed by atoms with E-state index in [1.807, 2.05) is 6.92 Å². The van der Waals surface area contributed by atoms with Crippen LogP contribution < -0.4 is 10.2 Å². The van der Waals surface area contributed by atoms with Crippen LogP contribution in [0.1, 0.15) is 11.1 Å². The highest BCUT2D eigenvalue weighted by molar-refractivity contribution is 6.39. The van der Waals surface area contributed by atoms with Gasteiger partial charge in [0.05, 0.1) is 10.7 Å². The lowest BCUT2D eigenvalue weighted by atomic mass is 10.1. The third kappa shape index (κ3) is 3.25. The van der Waals surface area contributed by atoms with Crippen LogP contribution in [0.3, 0.4) is 0 Å². The molecule has 0 radical (unpaired) electrons. The molecule has 4 amide bonds. The third-order valence-electron chi connectivity index (χ3n) is 3.68. The van der Waals surface area contributed by atoms with Crippen LogP contribution in [0, 0.1) is 6.92 Å². The molecule has 1 aliphatic heterocycles. The van der Waals surface area contributed by atoms with E-state index < -0.39 is 17.8 Å². The van der Waals surface area contributed by atoms with Gasteiger partial charge in [-0.25, -0.2) is 9.69 Å². The average Bonchev–Trinajstić information content (AvgIpc) is 2.56. The van der Waals surface area contributed by atoms with E-state index in [-0.39, 0.29) is 16.3 Å². The summed E-state index contributed by atoms with van der Waals surface area (Å²) in [6, 6.07) is 10.2. The molecule has 2 aromatic rings. The van der Waals surface area contributed by atoms with Gasteiger partial charge in [0, 0.05) is 0 Å². The molecule has 0 spiro atoms. The standard InChI is InChI=1S/C18H13ClN2O4/c1-10-2-5-12(6-3-10)21-17(24)13(16(23)20-18(21)25)8-11-4-7-15(22)14(19)9-11/h2-9,22H,1H3,(H,20,23,25). The van der Waals surface area contributed by atoms with Crippen LogP contribution >= 0.6 is 11.6 Å². The van der Waals surface area contributed by atoms with Crippen molar-refractivity contribution in [3.8, 4) is 5.75 Å². The first-order chi connectivity index (χ1) is 11.9. The number of phenols is 1. The monoisotopic (exact) mass is 356 g/mol. The van der Waals surface area contributed by atoms with Crippen LogP contribution in [0.5, 0.6) is 5.75 Å². The maximum absolute atomic E-state index is 12.7. The number of phenolic OH excluding ortho intramolecular Hbond substituents is 1. The Morgan fingerprint density at radius 3 is 2.40 bits per heavy atom. The minimum atomic E-state index is -0.806. The van der Waals surface area contributed by atoms with Crippen LogP contribution in [-0.4, -0.2) is 23.0 Å². The molecule has 1 aliphatic rings. The lowest BCUT2D eigenvalue weighted by molar-refractivity contribution is -0.122. The van der Waals surface area contributed by atoms with Crippen LogP contribution in [0.4, 0.5) is 10.5 Å². The van der Waals surface area contributed by atoms with E-state index in [1.54, 1.807) is 24.3 Å². The topological polar surface area (TPSA) is 86.7 Å². The van der Waals surface area contributed by atoms with Gasteiger partial charge in [0.15, 0.2) is 0 Å². The van der Waals surface area contributed by atoms with E-state index in [4.69, 9.17) is 11.6 Å². The maximum atomic E-state index is 12.7. The Labute approximate surface area is 148 Å². The highest BCUT2D eigenvalue weighted by Crippen LogP contribution is 2.26. The summed E-state index contributed by atoms with van der Waals surface area (Å²) in [5, 5.41) is 11.7. The molecule has 0 aromatic heterocycles. The fourth-order valence-electron chi connectivity index (χ4n) is 2.37. The minimum absolute atomic E-state index is 0.0875. The van der Waals surface area contributed by atoms with Crippen LogP contribution in [-0.2, 0) is 9.59 Å². The number of benzene rings is 2. The van der Waals surface area contributed by atoms with Gasteiger partial charge in [-0.2, -0.15) is 0 Å². The largest absolute Gasteiger partial charge is 0.506 e. The Kier molecular flexibility index (Phi) is 4.29. The summed E-state index contributed by atoms with van der Waals surface area (Å²) in [7, 11) is 0. The molecule has 126 valence electrons. The van der Waals surface area contributed by atoms with Crippen molar-refractivity contribution in [2.75, 3.05) is 4.90 Å². The number of urea groups is 1. The van der Waals surface area contributed by atoms with Gasteiger partial charge in [-0.1, -0.05) is 35.4 Å². The van der Waals surface area contributed by atoms with E-state index in [0.717, 1.165) is 10.5 Å². The normalized spacial score (nSPS) is 16.3. The summed E-state index contributed by atoms with van der Waals surface area (Å²) >= 11 is 5.84. The number of aromatic hydroxyl groups is 1. The van der Waals surface area contributed by atoms with Gasteiger partial charge >= 0.3 is 6.03 Å². The summed E-state index contributed by atoms with van der Waals surface area (Å²) < 4.78 is 0. The number of barbiturate groups is 1. The fraction of sp³-hybridized carbons (Fsp3) is 0.0556. The highest BCUT2D eigenvalue weighted by atomic mass is 35.5. The SMILES string of the molecule is Cc1ccc(N2C(=O)NC(=O)C(=Cc3ccc(O)c(Cl)c3)C2=O)cc1. The predicted octanol–water partition coefficient (Wildman–Crippen LogP) is 3.02. The molecule has 3 rings (SSSR count). The molecule has 0 bridgehead atoms. The van der Waals surface area contributed by atoms with Gasteiger partial charge in [-0.15, -0.1) is 0 Å². The molecule has 1 fully saturated rings. The number of hydrogen-bond acceptors (Lipinski definition) is 4. The molecule has 6 nitrogen and oxygen atoms in total. The van der Waals surface area contributed by atoms with Gasteiger partial charge in [0.1, 0.15) is 11.3 Å². The third-order valence-corrected chi connectivity index (χ3v) is 3.98. The molecule has 0 saturated carbocycles. The second-order valence-electron chi connectivity index (χ2n) is 5.50. The first-order valence-corrected chi connectivity index (χ1v) is 7.71. The molecule has 0 unspecified atom stereocenters. The smallest absolute Gasteiger partial charge is 0.335 e. The van der Waals surface area contributed by atoms with Crippen molar-refractivity contribution in [1.82, 2.24) is 5.32 Å². The molecule has 2 N–H and O–H groups in total. The number of hydrogen-bond donors (Lipinski definition) is 2. The molecule has 25 heavy (non-hydrogen) atoms. The van der Waals surface area contributed by atoms with E-state index in [2.05, 4.69) is 5.32 Å². The first-order valence-electron chi connectivity index (χ1n) is 7.33. The number of nitrogens with one attached hydrogen (secondary N) is 1. The Bertz CT molecular complexity index is 919. The Hall–Kier alpha value is -3.12. The summed E-state index contributed by atoms with van der Waals surface area (Å²) in [5.74, 6) is -1.64. The zero-order chi connectivity index (χ0) is 18.1. The predicted molar refractivity (Wildman–Crippen MR) is 93.3 cm³/mol. The van der Waals surface area contributed by atoms with E-state index in [9.17, 15) is 19.5 Å². The number of halogens is 1. The van der Waals surface area contributed by atoms with Crippen molar-refractivity contribution in [1.29, 1.82) is 0 Å². The second kappa shape index (κ2) is 6.41. The maximum Gasteiger partial charge on any atom is 0.335 e. The summed E-state index contributed by atoms with van der Waals surface area (Å²) in [6.45, 7) is 1.88. The van der Waals surface area contributed by atoms with Crippen molar-refractivity contribution in [2.45, 2.75) is 6.92 Å². The molecular formula is C18H13ClN2O4. The Morgan fingerprint density at radius 1 is 1.08 bits per heavy atom. The summed E-state index contributed by atoms with van der Waals surface area (Å²) in [5.41, 5.74) is 1.57. The van der Waals surface area contributed by atoms with Crippen molar-refractivity contribution < 1.29 is 19.5 Å². The number of imide groups is 2. The molecule has 0 atom stereocenters. The Balaban J connectivity index is 2.01. The quantitative estimate of drug-likeness (QED) is 0.639. The fourth-order valence-corrected chi connectivity index (χ4v) is 2.55. The average molecular weight is 357 g/mol. The molecular weight excluding hydrogens is 344 g/mol.